The first kappa shape index (κ1) is 25.0. The molecule has 0 saturated carbocycles. The van der Waals surface area contributed by atoms with E-state index in [1.165, 1.54) is 10.8 Å². The number of nitrogens with zero attached hydrogens (tertiary/aromatic N) is 2. The molecule has 0 spiro atoms. The van der Waals surface area contributed by atoms with Crippen LogP contribution < -0.4 is 9.80 Å². The van der Waals surface area contributed by atoms with Crippen LogP contribution in [0.3, 0.4) is 0 Å². The highest BCUT2D eigenvalue weighted by molar-refractivity contribution is 6.08. The Kier molecular flexibility index (Phi) is 6.12. The maximum absolute atomic E-state index is 6.49. The highest BCUT2D eigenvalue weighted by Crippen LogP contribution is 2.41. The fourth-order valence-electron chi connectivity index (χ4n) is 5.97. The molecule has 0 aliphatic rings. The molecule has 0 atom stereocenters. The molecule has 0 bridgehead atoms. The van der Waals surface area contributed by atoms with Gasteiger partial charge in [0.1, 0.15) is 11.2 Å². The Morgan fingerprint density at radius 2 is 0.791 bits per heavy atom. The van der Waals surface area contributed by atoms with Crippen molar-refractivity contribution >= 4 is 66.8 Å². The second-order valence-corrected chi connectivity index (χ2v) is 10.7. The lowest BCUT2D eigenvalue weighted by molar-refractivity contribution is 0.669. The van der Waals surface area contributed by atoms with E-state index in [0.717, 1.165) is 56.1 Å². The topological polar surface area (TPSA) is 19.6 Å². The van der Waals surface area contributed by atoms with E-state index in [4.69, 9.17) is 4.42 Å². The van der Waals surface area contributed by atoms with E-state index < -0.39 is 0 Å². The second kappa shape index (κ2) is 10.6. The number of furan rings is 1. The average molecular weight is 553 g/mol. The van der Waals surface area contributed by atoms with Gasteiger partial charge in [0.15, 0.2) is 0 Å². The van der Waals surface area contributed by atoms with Gasteiger partial charge in [-0.15, -0.1) is 0 Å². The van der Waals surface area contributed by atoms with Crippen LogP contribution in [-0.4, -0.2) is 0 Å². The molecule has 0 fully saturated rings. The maximum Gasteiger partial charge on any atom is 0.137 e. The molecule has 7 aromatic carbocycles. The minimum atomic E-state index is 0.859. The lowest BCUT2D eigenvalue weighted by Crippen LogP contribution is -2.09. The molecule has 43 heavy (non-hydrogen) atoms. The van der Waals surface area contributed by atoms with Gasteiger partial charge in [-0.05, 0) is 89.6 Å². The summed E-state index contributed by atoms with van der Waals surface area (Å²) in [7, 11) is 0. The van der Waals surface area contributed by atoms with Gasteiger partial charge in [0, 0.05) is 51.0 Å². The number of hydrogen-bond acceptors (Lipinski definition) is 3. The molecule has 204 valence electrons. The van der Waals surface area contributed by atoms with Crippen LogP contribution in [0.15, 0.2) is 174 Å². The predicted octanol–water partition coefficient (Wildman–Crippen LogP) is 11.7. The van der Waals surface area contributed by atoms with Crippen LogP contribution in [0.25, 0.3) is 32.7 Å². The Bertz CT molecular complexity index is 2150. The summed E-state index contributed by atoms with van der Waals surface area (Å²) in [6.07, 6.45) is 0. The summed E-state index contributed by atoms with van der Waals surface area (Å²) in [5, 5.41) is 4.61. The van der Waals surface area contributed by atoms with Gasteiger partial charge in [0.05, 0.1) is 0 Å². The van der Waals surface area contributed by atoms with Gasteiger partial charge >= 0.3 is 0 Å². The number of fused-ring (bicyclic) bond motifs is 4. The van der Waals surface area contributed by atoms with Crippen molar-refractivity contribution in [2.45, 2.75) is 0 Å². The van der Waals surface area contributed by atoms with Gasteiger partial charge in [-0.1, -0.05) is 84.9 Å². The zero-order valence-corrected chi connectivity index (χ0v) is 23.5. The zero-order valence-electron chi connectivity index (χ0n) is 23.5. The van der Waals surface area contributed by atoms with Crippen molar-refractivity contribution in [1.82, 2.24) is 0 Å². The molecule has 0 aliphatic heterocycles. The van der Waals surface area contributed by atoms with Gasteiger partial charge < -0.3 is 14.2 Å². The van der Waals surface area contributed by atoms with Crippen molar-refractivity contribution in [3.8, 4) is 0 Å². The van der Waals surface area contributed by atoms with Crippen molar-refractivity contribution in [2.24, 2.45) is 0 Å². The van der Waals surface area contributed by atoms with E-state index in [9.17, 15) is 0 Å². The van der Waals surface area contributed by atoms with Crippen LogP contribution in [0, 0.1) is 0 Å². The van der Waals surface area contributed by atoms with E-state index >= 15 is 0 Å². The third kappa shape index (κ3) is 4.58. The Balaban J connectivity index is 1.26. The van der Waals surface area contributed by atoms with Gasteiger partial charge in [0.2, 0.25) is 0 Å². The highest BCUT2D eigenvalue weighted by atomic mass is 16.3. The third-order valence-corrected chi connectivity index (χ3v) is 7.99. The van der Waals surface area contributed by atoms with Crippen molar-refractivity contribution in [3.63, 3.8) is 0 Å². The van der Waals surface area contributed by atoms with Gasteiger partial charge in [-0.3, -0.25) is 0 Å². The second-order valence-electron chi connectivity index (χ2n) is 10.7. The number of para-hydroxylation sites is 3. The summed E-state index contributed by atoms with van der Waals surface area (Å²) in [6, 6.07) is 59.6. The summed E-state index contributed by atoms with van der Waals surface area (Å²) in [6.45, 7) is 0. The smallest absolute Gasteiger partial charge is 0.137 e. The van der Waals surface area contributed by atoms with Crippen LogP contribution in [0.5, 0.6) is 0 Å². The minimum absolute atomic E-state index is 0.859. The molecule has 0 N–H and O–H groups in total. The van der Waals surface area contributed by atoms with E-state index in [-0.39, 0.29) is 0 Å². The predicted molar refractivity (Wildman–Crippen MR) is 181 cm³/mol. The molecule has 8 aromatic rings. The molecular weight excluding hydrogens is 524 g/mol. The lowest BCUT2D eigenvalue weighted by atomic mass is 10.1. The number of rotatable bonds is 6. The first-order chi connectivity index (χ1) is 21.3. The molecular formula is C40H28N2O. The molecule has 1 aromatic heterocycles. The fourth-order valence-corrected chi connectivity index (χ4v) is 5.97. The van der Waals surface area contributed by atoms with Gasteiger partial charge in [-0.2, -0.15) is 0 Å². The Hall–Kier alpha value is -5.80. The molecule has 8 rings (SSSR count). The molecule has 0 saturated heterocycles. The van der Waals surface area contributed by atoms with E-state index in [1.807, 2.05) is 12.1 Å². The Morgan fingerprint density at radius 1 is 0.302 bits per heavy atom. The number of anilines is 6. The molecule has 0 amide bonds. The molecule has 3 heteroatoms. The van der Waals surface area contributed by atoms with Crippen molar-refractivity contribution in [3.05, 3.63) is 170 Å². The molecule has 0 radical (unpaired) electrons. The monoisotopic (exact) mass is 552 g/mol. The quantitative estimate of drug-likeness (QED) is 0.205. The first-order valence-corrected chi connectivity index (χ1v) is 14.5. The SMILES string of the molecule is c1ccc(N(c2ccc3ccccc3c2)c2ccc3c(c2)oc2ccc(N(c4ccccc4)c4ccccc4)cc23)cc1. The molecule has 3 nitrogen and oxygen atoms in total. The number of benzene rings is 7. The fraction of sp³-hybridized carbons (Fsp3) is 0. The summed E-state index contributed by atoms with van der Waals surface area (Å²) >= 11 is 0. The van der Waals surface area contributed by atoms with Crippen LogP contribution in [0.2, 0.25) is 0 Å². The Morgan fingerprint density at radius 3 is 1.44 bits per heavy atom. The molecule has 0 unspecified atom stereocenters. The maximum atomic E-state index is 6.49. The lowest BCUT2D eigenvalue weighted by Gasteiger charge is -2.25. The average Bonchev–Trinajstić information content (AvgIpc) is 3.44. The van der Waals surface area contributed by atoms with Crippen molar-refractivity contribution in [1.29, 1.82) is 0 Å². The molecule has 0 aliphatic carbocycles. The van der Waals surface area contributed by atoms with Crippen molar-refractivity contribution < 1.29 is 4.42 Å². The van der Waals surface area contributed by atoms with Crippen LogP contribution in [0.4, 0.5) is 34.1 Å². The van der Waals surface area contributed by atoms with Crippen LogP contribution in [0.1, 0.15) is 0 Å². The zero-order chi connectivity index (χ0) is 28.6. The summed E-state index contributed by atoms with van der Waals surface area (Å²) < 4.78 is 6.49. The third-order valence-electron chi connectivity index (χ3n) is 7.99. The standard InChI is InChI=1S/C40H28N2O/c1-4-14-31(15-5-1)41(32-16-6-2-7-17-32)35-23-25-39-38(27-35)37-24-22-36(28-40(37)43-39)42(33-18-8-3-9-19-33)34-21-20-29-12-10-11-13-30(29)26-34/h1-28H. The highest BCUT2D eigenvalue weighted by Gasteiger charge is 2.18. The van der Waals surface area contributed by atoms with Crippen molar-refractivity contribution in [2.75, 3.05) is 9.80 Å². The van der Waals surface area contributed by atoms with E-state index in [2.05, 4.69) is 168 Å². The summed E-state index contributed by atoms with van der Waals surface area (Å²) in [5.74, 6) is 0. The summed E-state index contributed by atoms with van der Waals surface area (Å²) in [5.41, 5.74) is 8.27. The van der Waals surface area contributed by atoms with E-state index in [1.54, 1.807) is 0 Å². The summed E-state index contributed by atoms with van der Waals surface area (Å²) in [4.78, 5) is 4.57. The molecule has 1 heterocycles. The minimum Gasteiger partial charge on any atom is -0.456 e. The number of hydrogen-bond donors (Lipinski definition) is 0. The largest absolute Gasteiger partial charge is 0.456 e. The van der Waals surface area contributed by atoms with Crippen LogP contribution >= 0.6 is 0 Å². The first-order valence-electron chi connectivity index (χ1n) is 14.5. The van der Waals surface area contributed by atoms with Gasteiger partial charge in [-0.25, -0.2) is 0 Å². The Labute approximate surface area is 250 Å². The van der Waals surface area contributed by atoms with E-state index in [0.29, 0.717) is 0 Å². The van der Waals surface area contributed by atoms with Crippen LogP contribution in [-0.2, 0) is 0 Å². The van der Waals surface area contributed by atoms with Gasteiger partial charge in [0.25, 0.3) is 0 Å². The normalized spacial score (nSPS) is 11.3.